The molecule has 0 bridgehead atoms. The number of hydrogen-bond acceptors (Lipinski definition) is 3. The highest BCUT2D eigenvalue weighted by Gasteiger charge is 2.26. The van der Waals surface area contributed by atoms with Crippen LogP contribution >= 0.6 is 0 Å². The molecule has 2 N–H and O–H groups in total. The second-order valence-corrected chi connectivity index (χ2v) is 4.74. The molecule has 1 unspecified atom stereocenters. The highest BCUT2D eigenvalue weighted by molar-refractivity contribution is 5.94. The molecule has 1 heterocycles. The number of aliphatic hydroxyl groups excluding tert-OH is 2. The van der Waals surface area contributed by atoms with Gasteiger partial charge in [0.05, 0.1) is 5.56 Å². The van der Waals surface area contributed by atoms with E-state index in [0.29, 0.717) is 13.1 Å². The topological polar surface area (TPSA) is 60.8 Å². The van der Waals surface area contributed by atoms with Crippen LogP contribution in [0.4, 0.5) is 4.39 Å². The largest absolute Gasteiger partial charge is 0.396 e. The van der Waals surface area contributed by atoms with Gasteiger partial charge < -0.3 is 15.1 Å². The predicted octanol–water partition coefficient (Wildman–Crippen LogP) is 0.624. The zero-order chi connectivity index (χ0) is 14.5. The quantitative estimate of drug-likeness (QED) is 0.779. The summed E-state index contributed by atoms with van der Waals surface area (Å²) in [6.45, 7) is 0.811. The maximum Gasteiger partial charge on any atom is 0.253 e. The van der Waals surface area contributed by atoms with Gasteiger partial charge in [-0.15, -0.1) is 0 Å². The highest BCUT2D eigenvalue weighted by atomic mass is 19.1. The number of amides is 1. The summed E-state index contributed by atoms with van der Waals surface area (Å²) in [6, 6.07) is 4.12. The van der Waals surface area contributed by atoms with Crippen LogP contribution in [-0.4, -0.2) is 47.3 Å². The lowest BCUT2D eigenvalue weighted by molar-refractivity contribution is 0.0781. The first-order valence-electron chi connectivity index (χ1n) is 6.45. The Balaban J connectivity index is 2.13. The van der Waals surface area contributed by atoms with Gasteiger partial charge in [0, 0.05) is 31.2 Å². The van der Waals surface area contributed by atoms with E-state index in [1.165, 1.54) is 12.1 Å². The summed E-state index contributed by atoms with van der Waals surface area (Å²) in [5.41, 5.74) is 0.431. The third-order valence-electron chi connectivity index (χ3n) is 3.35. The highest BCUT2D eigenvalue weighted by Crippen LogP contribution is 2.19. The van der Waals surface area contributed by atoms with E-state index in [0.717, 1.165) is 12.5 Å². The normalized spacial score (nSPS) is 17.8. The first-order chi connectivity index (χ1) is 9.65. The fourth-order valence-electron chi connectivity index (χ4n) is 2.23. The molecule has 2 rings (SSSR count). The number of aliphatic hydroxyl groups is 2. The summed E-state index contributed by atoms with van der Waals surface area (Å²) in [4.78, 5) is 13.8. The van der Waals surface area contributed by atoms with Crippen molar-refractivity contribution in [2.45, 2.75) is 6.42 Å². The molecule has 106 valence electrons. The van der Waals surface area contributed by atoms with Crippen molar-refractivity contribution in [1.82, 2.24) is 4.90 Å². The zero-order valence-electron chi connectivity index (χ0n) is 11.0. The lowest BCUT2D eigenvalue weighted by Crippen LogP contribution is -2.29. The van der Waals surface area contributed by atoms with E-state index in [2.05, 4.69) is 11.8 Å². The number of nitrogens with zero attached hydrogens (tertiary/aromatic N) is 1. The molecule has 0 aliphatic carbocycles. The van der Waals surface area contributed by atoms with E-state index >= 15 is 0 Å². The van der Waals surface area contributed by atoms with Crippen LogP contribution in [0.1, 0.15) is 22.3 Å². The van der Waals surface area contributed by atoms with Crippen LogP contribution in [-0.2, 0) is 0 Å². The van der Waals surface area contributed by atoms with E-state index in [1.807, 2.05) is 0 Å². The first-order valence-corrected chi connectivity index (χ1v) is 6.45. The van der Waals surface area contributed by atoms with E-state index in [1.54, 1.807) is 4.90 Å². The van der Waals surface area contributed by atoms with Gasteiger partial charge in [-0.05, 0) is 24.6 Å². The second-order valence-electron chi connectivity index (χ2n) is 4.74. The number of carbonyl (C=O) groups is 1. The van der Waals surface area contributed by atoms with Gasteiger partial charge in [-0.25, -0.2) is 4.39 Å². The van der Waals surface area contributed by atoms with Crippen molar-refractivity contribution < 1.29 is 19.4 Å². The van der Waals surface area contributed by atoms with Crippen LogP contribution in [0.25, 0.3) is 0 Å². The van der Waals surface area contributed by atoms with Gasteiger partial charge >= 0.3 is 0 Å². The van der Waals surface area contributed by atoms with E-state index in [4.69, 9.17) is 10.2 Å². The Morgan fingerprint density at radius 2 is 2.25 bits per heavy atom. The number of benzene rings is 1. The molecule has 1 aliphatic heterocycles. The minimum atomic E-state index is -0.574. The number of halogens is 1. The molecule has 1 amide bonds. The Morgan fingerprint density at radius 3 is 2.85 bits per heavy atom. The molecular weight excluding hydrogens is 261 g/mol. The summed E-state index contributed by atoms with van der Waals surface area (Å²) < 4.78 is 13.8. The van der Waals surface area contributed by atoms with Crippen molar-refractivity contribution >= 4 is 5.91 Å². The van der Waals surface area contributed by atoms with Gasteiger partial charge in [0.15, 0.2) is 0 Å². The van der Waals surface area contributed by atoms with E-state index < -0.39 is 5.82 Å². The molecule has 1 fully saturated rings. The summed E-state index contributed by atoms with van der Waals surface area (Å²) in [5, 5.41) is 17.6. The molecule has 1 aromatic carbocycles. The first kappa shape index (κ1) is 14.5. The van der Waals surface area contributed by atoms with Crippen LogP contribution < -0.4 is 0 Å². The molecule has 4 nitrogen and oxygen atoms in total. The second kappa shape index (κ2) is 6.51. The number of likely N-dealkylation sites (tertiary alicyclic amines) is 1. The van der Waals surface area contributed by atoms with Crippen molar-refractivity contribution in [1.29, 1.82) is 0 Å². The van der Waals surface area contributed by atoms with Gasteiger partial charge in [-0.2, -0.15) is 0 Å². The van der Waals surface area contributed by atoms with Crippen molar-refractivity contribution in [3.63, 3.8) is 0 Å². The predicted molar refractivity (Wildman–Crippen MR) is 71.5 cm³/mol. The standard InChI is InChI=1S/C15H16FNO3/c16-14-8-13(4-3-12(14)2-1-7-18)15(20)17-6-5-11(9-17)10-19/h3-4,8,11,18-19H,5-7,9-10H2. The summed E-state index contributed by atoms with van der Waals surface area (Å²) in [7, 11) is 0. The van der Waals surface area contributed by atoms with Crippen LogP contribution in [0.3, 0.4) is 0 Å². The third kappa shape index (κ3) is 3.16. The molecule has 0 radical (unpaired) electrons. The van der Waals surface area contributed by atoms with Crippen molar-refractivity contribution in [3.8, 4) is 11.8 Å². The molecule has 1 aliphatic rings. The molecule has 20 heavy (non-hydrogen) atoms. The lowest BCUT2D eigenvalue weighted by Gasteiger charge is -2.16. The van der Waals surface area contributed by atoms with Gasteiger partial charge in [0.25, 0.3) is 5.91 Å². The average molecular weight is 277 g/mol. The maximum atomic E-state index is 13.8. The molecule has 0 spiro atoms. The van der Waals surface area contributed by atoms with Crippen molar-refractivity contribution in [2.75, 3.05) is 26.3 Å². The molecule has 1 aromatic rings. The van der Waals surface area contributed by atoms with Crippen molar-refractivity contribution in [3.05, 3.63) is 35.1 Å². The number of hydrogen-bond donors (Lipinski definition) is 2. The van der Waals surface area contributed by atoms with E-state index in [-0.39, 0.29) is 36.2 Å². The monoisotopic (exact) mass is 277 g/mol. The van der Waals surface area contributed by atoms with Gasteiger partial charge in [-0.3, -0.25) is 4.79 Å². The van der Waals surface area contributed by atoms with E-state index in [9.17, 15) is 9.18 Å². The van der Waals surface area contributed by atoms with Crippen LogP contribution in [0.2, 0.25) is 0 Å². The minimum Gasteiger partial charge on any atom is -0.396 e. The molecule has 1 atom stereocenters. The summed E-state index contributed by atoms with van der Waals surface area (Å²) >= 11 is 0. The average Bonchev–Trinajstić information content (AvgIpc) is 2.94. The number of carbonyl (C=O) groups excluding carboxylic acids is 1. The van der Waals surface area contributed by atoms with Crippen molar-refractivity contribution in [2.24, 2.45) is 5.92 Å². The SMILES string of the molecule is O=C(c1ccc(C#CCO)c(F)c1)N1CCC(CO)C1. The maximum absolute atomic E-state index is 13.8. The Hall–Kier alpha value is -1.90. The fraction of sp³-hybridized carbons (Fsp3) is 0.400. The molecule has 5 heteroatoms. The molecular formula is C15H16FNO3. The molecule has 1 saturated heterocycles. The number of rotatable bonds is 2. The Morgan fingerprint density at radius 1 is 1.45 bits per heavy atom. The Kier molecular flexibility index (Phi) is 4.72. The summed E-state index contributed by atoms with van der Waals surface area (Å²) in [6.07, 6.45) is 0.769. The zero-order valence-corrected chi connectivity index (χ0v) is 11.0. The smallest absolute Gasteiger partial charge is 0.253 e. The molecule has 0 aromatic heterocycles. The molecule has 0 saturated carbocycles. The van der Waals surface area contributed by atoms with Crippen LogP contribution in [0, 0.1) is 23.6 Å². The Bertz CT molecular complexity index is 562. The van der Waals surface area contributed by atoms with Gasteiger partial charge in [0.1, 0.15) is 12.4 Å². The minimum absolute atomic E-state index is 0.0633. The van der Waals surface area contributed by atoms with Crippen LogP contribution in [0.15, 0.2) is 18.2 Å². The summed E-state index contributed by atoms with van der Waals surface area (Å²) in [5.74, 6) is 4.15. The van der Waals surface area contributed by atoms with Gasteiger partial charge in [0.2, 0.25) is 0 Å². The van der Waals surface area contributed by atoms with Crippen LogP contribution in [0.5, 0.6) is 0 Å². The van der Waals surface area contributed by atoms with Gasteiger partial charge in [-0.1, -0.05) is 11.8 Å². The lowest BCUT2D eigenvalue weighted by atomic mass is 10.1. The fourth-order valence-corrected chi connectivity index (χ4v) is 2.23. The third-order valence-corrected chi connectivity index (χ3v) is 3.35. The Labute approximate surface area is 116 Å².